The van der Waals surface area contributed by atoms with E-state index in [2.05, 4.69) is 56.3 Å². The van der Waals surface area contributed by atoms with Crippen LogP contribution in [0.5, 0.6) is 0 Å². The average Bonchev–Trinajstić information content (AvgIpc) is 3.52. The molecule has 3 aliphatic rings. The van der Waals surface area contributed by atoms with Crippen molar-refractivity contribution in [1.82, 2.24) is 19.8 Å². The van der Waals surface area contributed by atoms with E-state index in [9.17, 15) is 9.59 Å². The van der Waals surface area contributed by atoms with Crippen molar-refractivity contribution in [3.05, 3.63) is 64.8 Å². The number of piperidine rings is 1. The molecule has 46 heavy (non-hydrogen) atoms. The molecule has 0 unspecified atom stereocenters. The Kier molecular flexibility index (Phi) is 10.4. The molecule has 3 aromatic rings. The average molecular weight is 662 g/mol. The van der Waals surface area contributed by atoms with E-state index in [1.807, 2.05) is 17.0 Å². The van der Waals surface area contributed by atoms with Crippen molar-refractivity contribution >= 4 is 52.5 Å². The zero-order chi connectivity index (χ0) is 32.1. The Labute approximate surface area is 281 Å². The first-order valence-corrected chi connectivity index (χ1v) is 17.7. The number of rotatable bonds is 9. The van der Waals surface area contributed by atoms with E-state index >= 15 is 0 Å². The van der Waals surface area contributed by atoms with Crippen LogP contribution in [0.15, 0.2) is 58.6 Å². The third kappa shape index (κ3) is 7.96. The number of amides is 2. The van der Waals surface area contributed by atoms with Gasteiger partial charge in [0.25, 0.3) is 0 Å². The quantitative estimate of drug-likeness (QED) is 0.272. The van der Waals surface area contributed by atoms with Crippen LogP contribution in [0, 0.1) is 12.3 Å². The second kappa shape index (κ2) is 14.6. The Morgan fingerprint density at radius 2 is 1.67 bits per heavy atom. The highest BCUT2D eigenvalue weighted by atomic mass is 35.5. The van der Waals surface area contributed by atoms with E-state index in [4.69, 9.17) is 17.3 Å². The molecular formula is C35H44ClN7O2S. The molecule has 3 heterocycles. The van der Waals surface area contributed by atoms with Gasteiger partial charge < -0.3 is 20.9 Å². The van der Waals surface area contributed by atoms with E-state index < -0.39 is 0 Å². The van der Waals surface area contributed by atoms with Crippen LogP contribution in [0.25, 0.3) is 0 Å². The molecule has 3 fully saturated rings. The van der Waals surface area contributed by atoms with Crippen LogP contribution in [0.3, 0.4) is 0 Å². The Morgan fingerprint density at radius 3 is 2.37 bits per heavy atom. The van der Waals surface area contributed by atoms with Crippen LogP contribution < -0.4 is 16.0 Å². The number of carbonyl (C=O) groups is 2. The van der Waals surface area contributed by atoms with Gasteiger partial charge in [0.1, 0.15) is 10.8 Å². The molecule has 2 saturated heterocycles. The summed E-state index contributed by atoms with van der Waals surface area (Å²) in [6, 6.07) is 14.0. The number of nitrogens with zero attached hydrogens (tertiary/aromatic N) is 5. The molecule has 0 atom stereocenters. The standard InChI is InChI=1S/C35H44ClN7O2S/c1-25-7-9-26(10-8-25)24-41-19-21-43(22-20-41)31(45)12-11-30(44)39-27-5-4-6-28(32(27)36)46-34-33(37)40-29(23-38-34)42-17-15-35(16-18-42)13-2-3-14-35/h4-10,23H,2-3,11-22,24H2,1H3,(H2,37,40)(H,39,44). The van der Waals surface area contributed by atoms with Gasteiger partial charge in [-0.25, -0.2) is 9.97 Å². The van der Waals surface area contributed by atoms with Crippen molar-refractivity contribution in [2.24, 2.45) is 5.41 Å². The van der Waals surface area contributed by atoms with E-state index in [1.165, 1.54) is 61.4 Å². The summed E-state index contributed by atoms with van der Waals surface area (Å²) in [4.78, 5) is 42.2. The Balaban J connectivity index is 0.968. The fraction of sp³-hybridized carbons (Fsp3) is 0.486. The number of nitrogen functional groups attached to an aromatic ring is 1. The fourth-order valence-electron chi connectivity index (χ4n) is 6.94. The van der Waals surface area contributed by atoms with Gasteiger partial charge in [-0.3, -0.25) is 14.5 Å². The van der Waals surface area contributed by atoms with Gasteiger partial charge in [0.2, 0.25) is 11.8 Å². The summed E-state index contributed by atoms with van der Waals surface area (Å²) >= 11 is 8.04. The molecule has 6 rings (SSSR count). The number of hydrogen-bond donors (Lipinski definition) is 2. The second-order valence-electron chi connectivity index (χ2n) is 13.0. The van der Waals surface area contributed by atoms with Gasteiger partial charge >= 0.3 is 0 Å². The van der Waals surface area contributed by atoms with Gasteiger partial charge in [0, 0.05) is 63.6 Å². The van der Waals surface area contributed by atoms with Crippen molar-refractivity contribution in [1.29, 1.82) is 0 Å². The number of aromatic nitrogens is 2. The van der Waals surface area contributed by atoms with Gasteiger partial charge in [-0.1, -0.05) is 72.1 Å². The number of nitrogens with one attached hydrogen (secondary N) is 1. The van der Waals surface area contributed by atoms with Crippen molar-refractivity contribution < 1.29 is 9.59 Å². The third-order valence-corrected chi connectivity index (χ3v) is 11.4. The van der Waals surface area contributed by atoms with Crippen LogP contribution in [0.4, 0.5) is 17.3 Å². The highest BCUT2D eigenvalue weighted by molar-refractivity contribution is 7.99. The largest absolute Gasteiger partial charge is 0.381 e. The first kappa shape index (κ1) is 32.6. The monoisotopic (exact) mass is 661 g/mol. The number of aryl methyl sites for hydroxylation is 1. The van der Waals surface area contributed by atoms with Crippen LogP contribution >= 0.6 is 23.4 Å². The normalized spacial score (nSPS) is 18.2. The summed E-state index contributed by atoms with van der Waals surface area (Å²) in [5.41, 5.74) is 9.93. The summed E-state index contributed by atoms with van der Waals surface area (Å²) in [6.45, 7) is 7.93. The van der Waals surface area contributed by atoms with Gasteiger partial charge in [0.15, 0.2) is 5.82 Å². The number of piperazine rings is 1. The Bertz CT molecular complexity index is 1530. The minimum Gasteiger partial charge on any atom is -0.381 e. The molecule has 9 nitrogen and oxygen atoms in total. The maximum atomic E-state index is 12.9. The minimum absolute atomic E-state index is 0.000585. The van der Waals surface area contributed by atoms with Gasteiger partial charge in [-0.15, -0.1) is 0 Å². The fourth-order valence-corrected chi connectivity index (χ4v) is 8.04. The lowest BCUT2D eigenvalue weighted by Crippen LogP contribution is -2.48. The molecule has 1 spiro atoms. The van der Waals surface area contributed by atoms with Crippen LogP contribution in [-0.2, 0) is 16.1 Å². The third-order valence-electron chi connectivity index (χ3n) is 9.83. The molecular weight excluding hydrogens is 618 g/mol. The Morgan fingerprint density at radius 1 is 0.957 bits per heavy atom. The maximum Gasteiger partial charge on any atom is 0.224 e. The lowest BCUT2D eigenvalue weighted by Gasteiger charge is -2.39. The highest BCUT2D eigenvalue weighted by Gasteiger charge is 2.37. The summed E-state index contributed by atoms with van der Waals surface area (Å²) in [5, 5.41) is 3.86. The molecule has 1 saturated carbocycles. The number of benzene rings is 2. The number of carbonyl (C=O) groups excluding carboxylic acids is 2. The maximum absolute atomic E-state index is 12.9. The molecule has 244 valence electrons. The van der Waals surface area contributed by atoms with E-state index in [0.717, 1.165) is 38.5 Å². The number of anilines is 3. The van der Waals surface area contributed by atoms with Crippen LogP contribution in [0.2, 0.25) is 5.02 Å². The molecule has 2 aromatic carbocycles. The van der Waals surface area contributed by atoms with Crippen LogP contribution in [-0.4, -0.2) is 70.9 Å². The van der Waals surface area contributed by atoms with Crippen molar-refractivity contribution in [2.75, 3.05) is 55.2 Å². The lowest BCUT2D eigenvalue weighted by molar-refractivity contribution is -0.134. The molecule has 2 amide bonds. The summed E-state index contributed by atoms with van der Waals surface area (Å²) < 4.78 is 0. The molecule has 11 heteroatoms. The summed E-state index contributed by atoms with van der Waals surface area (Å²) in [5.74, 6) is 0.935. The zero-order valence-corrected chi connectivity index (χ0v) is 28.2. The van der Waals surface area contributed by atoms with E-state index in [1.54, 1.807) is 12.3 Å². The number of nitrogens with two attached hydrogens (primary N) is 1. The second-order valence-corrected chi connectivity index (χ2v) is 14.4. The summed E-state index contributed by atoms with van der Waals surface area (Å²) in [6.07, 6.45) is 9.90. The first-order chi connectivity index (χ1) is 22.3. The predicted octanol–water partition coefficient (Wildman–Crippen LogP) is 6.40. The molecule has 0 radical (unpaired) electrons. The van der Waals surface area contributed by atoms with Crippen molar-refractivity contribution in [2.45, 2.75) is 74.8 Å². The lowest BCUT2D eigenvalue weighted by atomic mass is 9.77. The SMILES string of the molecule is Cc1ccc(CN2CCN(C(=O)CCC(=O)Nc3cccc(Sc4ncc(N5CCC6(CCCC6)CC5)nc4N)c3Cl)CC2)cc1. The molecule has 0 bridgehead atoms. The van der Waals surface area contributed by atoms with Gasteiger partial charge in [0.05, 0.1) is 16.9 Å². The van der Waals surface area contributed by atoms with E-state index in [-0.39, 0.29) is 24.7 Å². The number of halogens is 1. The first-order valence-electron chi connectivity index (χ1n) is 16.5. The van der Waals surface area contributed by atoms with E-state index in [0.29, 0.717) is 45.0 Å². The minimum atomic E-state index is -0.250. The predicted molar refractivity (Wildman–Crippen MR) is 185 cm³/mol. The van der Waals surface area contributed by atoms with Crippen molar-refractivity contribution in [3.63, 3.8) is 0 Å². The van der Waals surface area contributed by atoms with Gasteiger partial charge in [-0.2, -0.15) is 0 Å². The topological polar surface area (TPSA) is 108 Å². The summed E-state index contributed by atoms with van der Waals surface area (Å²) in [7, 11) is 0. The molecule has 3 N–H and O–H groups in total. The van der Waals surface area contributed by atoms with Crippen LogP contribution in [0.1, 0.15) is 62.5 Å². The molecule has 2 aliphatic heterocycles. The zero-order valence-electron chi connectivity index (χ0n) is 26.6. The Hall–Kier alpha value is -3.34. The smallest absolute Gasteiger partial charge is 0.224 e. The van der Waals surface area contributed by atoms with Crippen molar-refractivity contribution in [3.8, 4) is 0 Å². The highest BCUT2D eigenvalue weighted by Crippen LogP contribution is 2.46. The number of hydrogen-bond acceptors (Lipinski definition) is 8. The van der Waals surface area contributed by atoms with Gasteiger partial charge in [-0.05, 0) is 55.7 Å². The molecule has 1 aromatic heterocycles. The molecule has 1 aliphatic carbocycles.